The van der Waals surface area contributed by atoms with Gasteiger partial charge in [-0.15, -0.1) is 0 Å². The zero-order valence-electron chi connectivity index (χ0n) is 8.01. The molecule has 4 heteroatoms. The van der Waals surface area contributed by atoms with Crippen molar-refractivity contribution in [3.63, 3.8) is 0 Å². The second-order valence-corrected chi connectivity index (χ2v) is 3.28. The molecule has 1 amide bonds. The normalized spacial score (nSPS) is 9.69. The number of carbonyl (C=O) groups excluding carboxylic acids is 1. The van der Waals surface area contributed by atoms with Crippen LogP contribution in [0.2, 0.25) is 0 Å². The zero-order chi connectivity index (χ0) is 10.1. The van der Waals surface area contributed by atoms with Crippen molar-refractivity contribution < 1.29 is 9.53 Å². The molecule has 13 heavy (non-hydrogen) atoms. The molecule has 0 unspecified atom stereocenters. The first-order valence-corrected chi connectivity index (χ1v) is 4.89. The molecule has 0 bridgehead atoms. The van der Waals surface area contributed by atoms with Gasteiger partial charge < -0.3 is 10.1 Å². The Hall–Kier alpha value is -0.480. The summed E-state index contributed by atoms with van der Waals surface area (Å²) in [5, 5.41) is 2.71. The molecule has 0 radical (unpaired) electrons. The number of amides is 1. The molecule has 0 saturated heterocycles. The molecular formula is C9H17NO2S. The van der Waals surface area contributed by atoms with E-state index in [0.29, 0.717) is 31.9 Å². The number of nitrogens with one attached hydrogen (secondary N) is 1. The number of hydrogen-bond donors (Lipinski definition) is 2. The molecule has 3 nitrogen and oxygen atoms in total. The van der Waals surface area contributed by atoms with Crippen molar-refractivity contribution >= 4 is 18.5 Å². The molecule has 0 aliphatic rings. The molecule has 0 saturated carbocycles. The van der Waals surface area contributed by atoms with E-state index in [2.05, 4.69) is 24.5 Å². The first-order chi connectivity index (χ1) is 6.16. The maximum Gasteiger partial charge on any atom is 0.220 e. The van der Waals surface area contributed by atoms with Crippen LogP contribution in [0.3, 0.4) is 0 Å². The summed E-state index contributed by atoms with van der Waals surface area (Å²) in [5.74, 6) is 0.604. The Morgan fingerprint density at radius 2 is 2.31 bits per heavy atom. The monoisotopic (exact) mass is 203 g/mol. The Labute approximate surface area is 84.9 Å². The van der Waals surface area contributed by atoms with Crippen molar-refractivity contribution in [1.29, 1.82) is 0 Å². The third-order valence-electron chi connectivity index (χ3n) is 1.26. The fraction of sp³-hybridized carbons (Fsp3) is 0.667. The van der Waals surface area contributed by atoms with E-state index in [9.17, 15) is 4.79 Å². The summed E-state index contributed by atoms with van der Waals surface area (Å²) in [6.07, 6.45) is 0.462. The van der Waals surface area contributed by atoms with Crippen LogP contribution in [-0.2, 0) is 9.53 Å². The van der Waals surface area contributed by atoms with Crippen molar-refractivity contribution in [2.75, 3.05) is 25.5 Å². The number of rotatable bonds is 7. The van der Waals surface area contributed by atoms with Crippen LogP contribution in [0, 0.1) is 0 Å². The van der Waals surface area contributed by atoms with E-state index in [0.717, 1.165) is 5.57 Å². The lowest BCUT2D eigenvalue weighted by molar-refractivity contribution is -0.120. The number of carbonyl (C=O) groups is 1. The van der Waals surface area contributed by atoms with E-state index in [1.165, 1.54) is 0 Å². The van der Waals surface area contributed by atoms with Gasteiger partial charge in [0.1, 0.15) is 0 Å². The van der Waals surface area contributed by atoms with Crippen molar-refractivity contribution in [2.45, 2.75) is 13.3 Å². The predicted molar refractivity (Wildman–Crippen MR) is 57.1 cm³/mol. The molecular weight excluding hydrogens is 186 g/mol. The van der Waals surface area contributed by atoms with Gasteiger partial charge in [0, 0.05) is 13.0 Å². The van der Waals surface area contributed by atoms with Crippen LogP contribution in [0.25, 0.3) is 0 Å². The van der Waals surface area contributed by atoms with Gasteiger partial charge in [-0.05, 0) is 12.7 Å². The zero-order valence-corrected chi connectivity index (χ0v) is 8.90. The lowest BCUT2D eigenvalue weighted by Gasteiger charge is -2.05. The van der Waals surface area contributed by atoms with Crippen LogP contribution < -0.4 is 5.32 Å². The Morgan fingerprint density at radius 1 is 1.62 bits per heavy atom. The van der Waals surface area contributed by atoms with Gasteiger partial charge in [-0.2, -0.15) is 12.6 Å². The Morgan fingerprint density at radius 3 is 2.85 bits per heavy atom. The molecule has 0 heterocycles. The summed E-state index contributed by atoms with van der Waals surface area (Å²) in [6.45, 7) is 7.24. The second-order valence-electron chi connectivity index (χ2n) is 2.83. The summed E-state index contributed by atoms with van der Waals surface area (Å²) >= 11 is 3.95. The first kappa shape index (κ1) is 12.5. The van der Waals surface area contributed by atoms with E-state index in [1.54, 1.807) is 0 Å². The lowest BCUT2D eigenvalue weighted by Crippen LogP contribution is -2.27. The van der Waals surface area contributed by atoms with Crippen molar-refractivity contribution in [3.8, 4) is 0 Å². The van der Waals surface area contributed by atoms with Crippen LogP contribution >= 0.6 is 12.6 Å². The third kappa shape index (κ3) is 9.43. The lowest BCUT2D eigenvalue weighted by atomic mass is 10.4. The number of ether oxygens (including phenoxy) is 1. The summed E-state index contributed by atoms with van der Waals surface area (Å²) in [7, 11) is 0. The average Bonchev–Trinajstić information content (AvgIpc) is 2.03. The van der Waals surface area contributed by atoms with Crippen molar-refractivity contribution in [3.05, 3.63) is 12.2 Å². The van der Waals surface area contributed by atoms with Crippen LogP contribution in [0.15, 0.2) is 12.2 Å². The highest BCUT2D eigenvalue weighted by Gasteiger charge is 1.97. The molecule has 0 fully saturated rings. The minimum atomic E-state index is 0.0222. The SMILES string of the molecule is C=C(C)COCCNC(=O)CCS. The van der Waals surface area contributed by atoms with Gasteiger partial charge in [-0.3, -0.25) is 4.79 Å². The van der Waals surface area contributed by atoms with Crippen LogP contribution in [0.1, 0.15) is 13.3 Å². The highest BCUT2D eigenvalue weighted by Crippen LogP contribution is 1.87. The molecule has 0 aromatic carbocycles. The minimum Gasteiger partial charge on any atom is -0.375 e. The molecule has 0 atom stereocenters. The fourth-order valence-electron chi connectivity index (χ4n) is 0.699. The second kappa shape index (κ2) is 8.13. The van der Waals surface area contributed by atoms with E-state index in [4.69, 9.17) is 4.74 Å². The van der Waals surface area contributed by atoms with E-state index >= 15 is 0 Å². The van der Waals surface area contributed by atoms with Crippen LogP contribution in [0.4, 0.5) is 0 Å². The molecule has 0 aliphatic heterocycles. The van der Waals surface area contributed by atoms with Crippen LogP contribution in [-0.4, -0.2) is 31.4 Å². The van der Waals surface area contributed by atoms with Crippen molar-refractivity contribution in [1.82, 2.24) is 5.32 Å². The molecule has 0 spiro atoms. The predicted octanol–water partition coefficient (Wildman–Crippen LogP) is 1.02. The molecule has 0 aromatic rings. The molecule has 0 aromatic heterocycles. The Kier molecular flexibility index (Phi) is 7.83. The van der Waals surface area contributed by atoms with E-state index in [1.807, 2.05) is 6.92 Å². The highest BCUT2D eigenvalue weighted by atomic mass is 32.1. The van der Waals surface area contributed by atoms with Gasteiger partial charge >= 0.3 is 0 Å². The molecule has 0 aliphatic carbocycles. The summed E-state index contributed by atoms with van der Waals surface area (Å²) in [4.78, 5) is 10.9. The Balaban J connectivity index is 3.16. The van der Waals surface area contributed by atoms with Gasteiger partial charge in [0.15, 0.2) is 0 Å². The largest absolute Gasteiger partial charge is 0.375 e. The first-order valence-electron chi connectivity index (χ1n) is 4.26. The third-order valence-corrected chi connectivity index (χ3v) is 1.48. The highest BCUT2D eigenvalue weighted by molar-refractivity contribution is 7.80. The maximum absolute atomic E-state index is 10.9. The standard InChI is InChI=1S/C9H17NO2S/c1-8(2)7-12-5-4-10-9(11)3-6-13/h13H,1,3-7H2,2H3,(H,10,11). The van der Waals surface area contributed by atoms with Gasteiger partial charge in [0.05, 0.1) is 13.2 Å². The van der Waals surface area contributed by atoms with Gasteiger partial charge in [0.2, 0.25) is 5.91 Å². The van der Waals surface area contributed by atoms with E-state index in [-0.39, 0.29) is 5.91 Å². The number of thiol groups is 1. The molecule has 76 valence electrons. The maximum atomic E-state index is 10.9. The minimum absolute atomic E-state index is 0.0222. The summed E-state index contributed by atoms with van der Waals surface area (Å²) in [5.41, 5.74) is 0.988. The quantitative estimate of drug-likeness (QED) is 0.368. The van der Waals surface area contributed by atoms with Gasteiger partial charge in [-0.1, -0.05) is 12.2 Å². The topological polar surface area (TPSA) is 38.3 Å². The smallest absolute Gasteiger partial charge is 0.220 e. The van der Waals surface area contributed by atoms with Crippen LogP contribution in [0.5, 0.6) is 0 Å². The van der Waals surface area contributed by atoms with Crippen molar-refractivity contribution in [2.24, 2.45) is 0 Å². The van der Waals surface area contributed by atoms with Gasteiger partial charge in [-0.25, -0.2) is 0 Å². The number of hydrogen-bond acceptors (Lipinski definition) is 3. The summed E-state index contributed by atoms with van der Waals surface area (Å²) in [6, 6.07) is 0. The molecule has 1 N–H and O–H groups in total. The van der Waals surface area contributed by atoms with Gasteiger partial charge in [0.25, 0.3) is 0 Å². The van der Waals surface area contributed by atoms with E-state index < -0.39 is 0 Å². The fourth-order valence-corrected chi connectivity index (χ4v) is 0.902. The summed E-state index contributed by atoms with van der Waals surface area (Å²) < 4.78 is 5.19. The average molecular weight is 203 g/mol. The molecule has 0 rings (SSSR count). The Bertz CT molecular complexity index is 171.